The normalized spacial score (nSPS) is 12.3. The van der Waals surface area contributed by atoms with Crippen LogP contribution in [0.15, 0.2) is 46.8 Å². The lowest BCUT2D eigenvalue weighted by molar-refractivity contribution is 0.859. The first-order valence-electron chi connectivity index (χ1n) is 6.29. The van der Waals surface area contributed by atoms with Gasteiger partial charge in [0, 0.05) is 14.4 Å². The van der Waals surface area contributed by atoms with Crippen LogP contribution in [0.4, 0.5) is 5.69 Å². The molecule has 0 bridgehead atoms. The summed E-state index contributed by atoms with van der Waals surface area (Å²) in [5.41, 5.74) is 1.83. The maximum Gasteiger partial charge on any atom is 0.138 e. The van der Waals surface area contributed by atoms with E-state index in [0.717, 1.165) is 15.8 Å². The zero-order chi connectivity index (χ0) is 14.8. The lowest BCUT2D eigenvalue weighted by Gasteiger charge is -2.18. The highest BCUT2D eigenvalue weighted by molar-refractivity contribution is 9.10. The van der Waals surface area contributed by atoms with E-state index in [4.69, 9.17) is 11.6 Å². The van der Waals surface area contributed by atoms with Crippen molar-refractivity contribution in [2.45, 2.75) is 13.0 Å². The Bertz CT molecular complexity index is 741. The summed E-state index contributed by atoms with van der Waals surface area (Å²) in [6.45, 7) is 2.11. The predicted molar refractivity (Wildman–Crippen MR) is 90.4 cm³/mol. The van der Waals surface area contributed by atoms with Crippen molar-refractivity contribution in [3.63, 3.8) is 0 Å². The van der Waals surface area contributed by atoms with E-state index in [1.165, 1.54) is 11.2 Å². The van der Waals surface area contributed by atoms with Gasteiger partial charge >= 0.3 is 0 Å². The van der Waals surface area contributed by atoms with Gasteiger partial charge in [-0.25, -0.2) is 9.67 Å². The first-order valence-corrected chi connectivity index (χ1v) is 8.34. The molecule has 0 amide bonds. The standard InChI is InChI=1S/C14H12BrClN4S/c1-9(14-11(15)4-5-21-14)19-12-6-10(16)2-3-13(12)20-8-17-7-18-20/h2-9,19H,1H3. The van der Waals surface area contributed by atoms with Crippen molar-refractivity contribution in [1.82, 2.24) is 14.8 Å². The van der Waals surface area contributed by atoms with Gasteiger partial charge in [-0.05, 0) is 52.5 Å². The largest absolute Gasteiger partial charge is 0.376 e. The Kier molecular flexibility index (Phi) is 4.28. The van der Waals surface area contributed by atoms with Gasteiger partial charge in [-0.1, -0.05) is 11.6 Å². The fraction of sp³-hybridized carbons (Fsp3) is 0.143. The fourth-order valence-corrected chi connectivity index (χ4v) is 3.97. The summed E-state index contributed by atoms with van der Waals surface area (Å²) < 4.78 is 2.83. The number of hydrogen-bond donors (Lipinski definition) is 1. The van der Waals surface area contributed by atoms with E-state index in [2.05, 4.69) is 49.7 Å². The molecule has 0 fully saturated rings. The molecule has 0 aliphatic carbocycles. The van der Waals surface area contributed by atoms with Gasteiger partial charge in [-0.15, -0.1) is 11.3 Å². The van der Waals surface area contributed by atoms with E-state index in [1.807, 2.05) is 18.2 Å². The second-order valence-electron chi connectivity index (χ2n) is 4.50. The summed E-state index contributed by atoms with van der Waals surface area (Å²) in [5, 5.41) is 10.4. The van der Waals surface area contributed by atoms with E-state index >= 15 is 0 Å². The molecular weight excluding hydrogens is 372 g/mol. The molecule has 7 heteroatoms. The van der Waals surface area contributed by atoms with E-state index < -0.39 is 0 Å². The lowest BCUT2D eigenvalue weighted by Crippen LogP contribution is -2.09. The van der Waals surface area contributed by atoms with Crippen molar-refractivity contribution in [2.75, 3.05) is 5.32 Å². The Hall–Kier alpha value is -1.37. The van der Waals surface area contributed by atoms with Crippen molar-refractivity contribution in [2.24, 2.45) is 0 Å². The molecule has 4 nitrogen and oxygen atoms in total. The van der Waals surface area contributed by atoms with Gasteiger partial charge < -0.3 is 5.32 Å². The number of anilines is 1. The molecule has 108 valence electrons. The van der Waals surface area contributed by atoms with E-state index in [0.29, 0.717) is 5.02 Å². The molecule has 3 aromatic rings. The third-order valence-electron chi connectivity index (χ3n) is 3.03. The minimum Gasteiger partial charge on any atom is -0.376 e. The minimum atomic E-state index is 0.153. The molecule has 0 aliphatic heterocycles. The van der Waals surface area contributed by atoms with Crippen LogP contribution in [0.25, 0.3) is 5.69 Å². The van der Waals surface area contributed by atoms with Crippen LogP contribution in [0, 0.1) is 0 Å². The van der Waals surface area contributed by atoms with Crippen LogP contribution in [0.5, 0.6) is 0 Å². The molecule has 1 aromatic carbocycles. The highest BCUT2D eigenvalue weighted by Crippen LogP contribution is 2.33. The Balaban J connectivity index is 1.95. The number of nitrogens with zero attached hydrogens (tertiary/aromatic N) is 3. The second kappa shape index (κ2) is 6.17. The average molecular weight is 384 g/mol. The number of nitrogens with one attached hydrogen (secondary N) is 1. The van der Waals surface area contributed by atoms with Gasteiger partial charge in [0.05, 0.1) is 17.4 Å². The Morgan fingerprint density at radius 2 is 2.24 bits per heavy atom. The highest BCUT2D eigenvalue weighted by atomic mass is 79.9. The van der Waals surface area contributed by atoms with Gasteiger partial charge in [-0.3, -0.25) is 0 Å². The Labute approximate surface area is 139 Å². The summed E-state index contributed by atoms with van der Waals surface area (Å²) in [6, 6.07) is 7.87. The van der Waals surface area contributed by atoms with Crippen LogP contribution in [0.3, 0.4) is 0 Å². The average Bonchev–Trinajstić information content (AvgIpc) is 3.10. The first kappa shape index (κ1) is 14.6. The smallest absolute Gasteiger partial charge is 0.138 e. The molecule has 1 unspecified atom stereocenters. The molecule has 0 saturated heterocycles. The molecule has 0 spiro atoms. The van der Waals surface area contributed by atoms with Gasteiger partial charge in [0.25, 0.3) is 0 Å². The number of thiophene rings is 1. The second-order valence-corrected chi connectivity index (χ2v) is 6.74. The molecule has 21 heavy (non-hydrogen) atoms. The van der Waals surface area contributed by atoms with Crippen molar-refractivity contribution in [3.8, 4) is 5.69 Å². The number of benzene rings is 1. The molecule has 2 aromatic heterocycles. The number of halogens is 2. The molecule has 1 atom stereocenters. The molecular formula is C14H12BrClN4S. The Morgan fingerprint density at radius 3 is 2.90 bits per heavy atom. The summed E-state index contributed by atoms with van der Waals surface area (Å²) in [6.07, 6.45) is 3.18. The maximum atomic E-state index is 6.13. The zero-order valence-corrected chi connectivity index (χ0v) is 14.3. The van der Waals surface area contributed by atoms with Gasteiger partial charge in [0.1, 0.15) is 12.7 Å². The van der Waals surface area contributed by atoms with Crippen molar-refractivity contribution < 1.29 is 0 Å². The van der Waals surface area contributed by atoms with Crippen molar-refractivity contribution >= 4 is 44.6 Å². The molecule has 0 saturated carbocycles. The quantitative estimate of drug-likeness (QED) is 0.695. The van der Waals surface area contributed by atoms with Crippen LogP contribution in [0.2, 0.25) is 5.02 Å². The summed E-state index contributed by atoms with van der Waals surface area (Å²) in [5.74, 6) is 0. The minimum absolute atomic E-state index is 0.153. The maximum absolute atomic E-state index is 6.13. The van der Waals surface area contributed by atoms with Crippen molar-refractivity contribution in [1.29, 1.82) is 0 Å². The molecule has 0 aliphatic rings. The first-order chi connectivity index (χ1) is 10.1. The summed E-state index contributed by atoms with van der Waals surface area (Å²) >= 11 is 11.4. The van der Waals surface area contributed by atoms with Gasteiger partial charge in [0.2, 0.25) is 0 Å². The summed E-state index contributed by atoms with van der Waals surface area (Å²) in [7, 11) is 0. The molecule has 0 radical (unpaired) electrons. The number of aromatic nitrogens is 3. The SMILES string of the molecule is CC(Nc1cc(Cl)ccc1-n1cncn1)c1sccc1Br. The topological polar surface area (TPSA) is 42.7 Å². The molecule has 3 rings (SSSR count). The number of rotatable bonds is 4. The monoisotopic (exact) mass is 382 g/mol. The molecule has 2 heterocycles. The van der Waals surface area contributed by atoms with E-state index in [-0.39, 0.29) is 6.04 Å². The van der Waals surface area contributed by atoms with E-state index in [1.54, 1.807) is 22.3 Å². The molecule has 1 N–H and O–H groups in total. The van der Waals surface area contributed by atoms with E-state index in [9.17, 15) is 0 Å². The van der Waals surface area contributed by atoms with Crippen LogP contribution >= 0.6 is 38.9 Å². The van der Waals surface area contributed by atoms with Crippen LogP contribution in [-0.4, -0.2) is 14.8 Å². The summed E-state index contributed by atoms with van der Waals surface area (Å²) in [4.78, 5) is 5.23. The van der Waals surface area contributed by atoms with Gasteiger partial charge in [-0.2, -0.15) is 5.10 Å². The zero-order valence-electron chi connectivity index (χ0n) is 11.1. The highest BCUT2D eigenvalue weighted by Gasteiger charge is 2.14. The lowest BCUT2D eigenvalue weighted by atomic mass is 10.2. The van der Waals surface area contributed by atoms with Crippen LogP contribution in [0.1, 0.15) is 17.8 Å². The fourth-order valence-electron chi connectivity index (χ4n) is 2.07. The third-order valence-corrected chi connectivity index (χ3v) is 5.32. The van der Waals surface area contributed by atoms with Crippen LogP contribution in [-0.2, 0) is 0 Å². The third kappa shape index (κ3) is 3.12. The number of hydrogen-bond acceptors (Lipinski definition) is 4. The van der Waals surface area contributed by atoms with Crippen LogP contribution < -0.4 is 5.32 Å². The predicted octanol–water partition coefficient (Wildman–Crippen LogP) is 4.92. The van der Waals surface area contributed by atoms with Gasteiger partial charge in [0.15, 0.2) is 0 Å². The Morgan fingerprint density at radius 1 is 1.38 bits per heavy atom. The van der Waals surface area contributed by atoms with Crippen molar-refractivity contribution in [3.05, 3.63) is 56.7 Å².